The highest BCUT2D eigenvalue weighted by Crippen LogP contribution is 2.33. The van der Waals surface area contributed by atoms with Crippen LogP contribution in [0.4, 0.5) is 5.69 Å². The van der Waals surface area contributed by atoms with E-state index in [4.69, 9.17) is 0 Å². The summed E-state index contributed by atoms with van der Waals surface area (Å²) in [6.07, 6.45) is 1.68. The zero-order valence-electron chi connectivity index (χ0n) is 18.5. The van der Waals surface area contributed by atoms with E-state index in [9.17, 15) is 14.9 Å². The molecule has 8 heteroatoms. The molecule has 2 aromatic heterocycles. The summed E-state index contributed by atoms with van der Waals surface area (Å²) >= 11 is 1.38. The van der Waals surface area contributed by atoms with Crippen molar-refractivity contribution in [1.82, 2.24) is 14.2 Å². The molecule has 0 saturated heterocycles. The lowest BCUT2D eigenvalue weighted by atomic mass is 10.1. The average Bonchev–Trinajstić information content (AvgIpc) is 3.20. The van der Waals surface area contributed by atoms with Crippen LogP contribution in [0.3, 0.4) is 0 Å². The zero-order chi connectivity index (χ0) is 24.2. The zero-order valence-corrected chi connectivity index (χ0v) is 19.3. The molecule has 0 aliphatic carbocycles. The summed E-state index contributed by atoms with van der Waals surface area (Å²) in [5.74, 6) is -0.260. The van der Waals surface area contributed by atoms with Crippen molar-refractivity contribution in [2.24, 2.45) is 0 Å². The third kappa shape index (κ3) is 4.71. The molecular formula is C27H19N5O2S. The number of hydrogen-bond donors (Lipinski definition) is 1. The molecule has 1 amide bonds. The molecule has 0 radical (unpaired) electrons. The summed E-state index contributed by atoms with van der Waals surface area (Å²) in [6, 6.07) is 29.5. The summed E-state index contributed by atoms with van der Waals surface area (Å²) in [7, 11) is 0. The van der Waals surface area contributed by atoms with Gasteiger partial charge in [-0.3, -0.25) is 9.20 Å². The molecule has 0 aliphatic heterocycles. The van der Waals surface area contributed by atoms with E-state index in [0.717, 1.165) is 15.4 Å². The highest BCUT2D eigenvalue weighted by Gasteiger charge is 2.14. The lowest BCUT2D eigenvalue weighted by Gasteiger charge is -2.11. The normalized spacial score (nSPS) is 10.7. The average molecular weight is 478 g/mol. The van der Waals surface area contributed by atoms with E-state index in [0.29, 0.717) is 22.5 Å². The molecule has 0 saturated carbocycles. The van der Waals surface area contributed by atoms with Crippen molar-refractivity contribution in [3.8, 4) is 6.07 Å². The van der Waals surface area contributed by atoms with E-state index in [-0.39, 0.29) is 18.1 Å². The third-order valence-electron chi connectivity index (χ3n) is 5.36. The van der Waals surface area contributed by atoms with Gasteiger partial charge in [0.1, 0.15) is 6.07 Å². The van der Waals surface area contributed by atoms with Crippen LogP contribution in [0.1, 0.15) is 21.5 Å². The number of nitriles is 1. The fourth-order valence-corrected chi connectivity index (χ4v) is 4.72. The van der Waals surface area contributed by atoms with Gasteiger partial charge in [-0.1, -0.05) is 54.2 Å². The summed E-state index contributed by atoms with van der Waals surface area (Å²) in [4.78, 5) is 27.3. The summed E-state index contributed by atoms with van der Waals surface area (Å²) in [5.41, 5.74) is 2.86. The number of rotatable bonds is 6. The van der Waals surface area contributed by atoms with Crippen LogP contribution in [0.2, 0.25) is 0 Å². The minimum atomic E-state index is -0.260. The first-order valence-electron chi connectivity index (χ1n) is 10.8. The monoisotopic (exact) mass is 477 g/mol. The Balaban J connectivity index is 1.36. The molecule has 3 aromatic carbocycles. The number of anilines is 1. The van der Waals surface area contributed by atoms with Crippen molar-refractivity contribution in [1.29, 1.82) is 5.26 Å². The number of fused-ring (bicyclic) bond motifs is 1. The Labute approximate surface area is 205 Å². The maximum atomic E-state index is 13.2. The van der Waals surface area contributed by atoms with Gasteiger partial charge in [-0.2, -0.15) is 5.26 Å². The number of pyridine rings is 1. The van der Waals surface area contributed by atoms with Gasteiger partial charge in [-0.25, -0.2) is 9.48 Å². The molecule has 35 heavy (non-hydrogen) atoms. The smallest absolute Gasteiger partial charge is 0.322 e. The van der Waals surface area contributed by atoms with Crippen LogP contribution < -0.4 is 11.0 Å². The summed E-state index contributed by atoms with van der Waals surface area (Å²) in [6.45, 7) is 0.279. The molecule has 0 atom stereocenters. The number of carbonyl (C=O) groups excluding carboxylic acids is 1. The molecule has 170 valence electrons. The van der Waals surface area contributed by atoms with Crippen LogP contribution in [0.5, 0.6) is 0 Å². The second-order valence-corrected chi connectivity index (χ2v) is 8.81. The van der Waals surface area contributed by atoms with E-state index in [1.54, 1.807) is 42.6 Å². The minimum absolute atomic E-state index is 0.223. The maximum Gasteiger partial charge on any atom is 0.350 e. The van der Waals surface area contributed by atoms with Gasteiger partial charge in [0.15, 0.2) is 5.65 Å². The van der Waals surface area contributed by atoms with Gasteiger partial charge in [-0.15, -0.1) is 5.10 Å². The van der Waals surface area contributed by atoms with Gasteiger partial charge in [0.25, 0.3) is 5.91 Å². The second kappa shape index (κ2) is 9.71. The Bertz CT molecular complexity index is 1650. The van der Waals surface area contributed by atoms with Crippen LogP contribution >= 0.6 is 11.8 Å². The van der Waals surface area contributed by atoms with Gasteiger partial charge in [-0.05, 0) is 54.1 Å². The molecule has 0 aliphatic rings. The third-order valence-corrected chi connectivity index (χ3v) is 6.52. The quantitative estimate of drug-likeness (QED) is 0.379. The fourth-order valence-electron chi connectivity index (χ4n) is 3.70. The van der Waals surface area contributed by atoms with Gasteiger partial charge >= 0.3 is 5.69 Å². The van der Waals surface area contributed by atoms with E-state index < -0.39 is 0 Å². The number of aromatic nitrogens is 3. The molecule has 0 spiro atoms. The van der Waals surface area contributed by atoms with Crippen molar-refractivity contribution >= 4 is 29.0 Å². The van der Waals surface area contributed by atoms with E-state index in [2.05, 4.69) is 16.5 Å². The fraction of sp³-hybridized carbons (Fsp3) is 0.0370. The van der Waals surface area contributed by atoms with Gasteiger partial charge in [0.05, 0.1) is 17.7 Å². The van der Waals surface area contributed by atoms with Gasteiger partial charge in [0, 0.05) is 21.7 Å². The SMILES string of the molecule is N#Cc1ccccc1Sc1ccccc1C(=O)Nc1cccc(Cn2nc3ccccn3c2=O)c1. The van der Waals surface area contributed by atoms with Crippen molar-refractivity contribution < 1.29 is 4.79 Å². The highest BCUT2D eigenvalue weighted by atomic mass is 32.2. The number of amides is 1. The molecule has 0 bridgehead atoms. The number of hydrogen-bond acceptors (Lipinski definition) is 5. The molecule has 0 unspecified atom stereocenters. The van der Waals surface area contributed by atoms with Gasteiger partial charge in [0.2, 0.25) is 0 Å². The topological polar surface area (TPSA) is 92.2 Å². The van der Waals surface area contributed by atoms with Crippen molar-refractivity contribution in [3.05, 3.63) is 124 Å². The van der Waals surface area contributed by atoms with Crippen molar-refractivity contribution in [2.75, 3.05) is 5.32 Å². The Morgan fingerprint density at radius 2 is 1.71 bits per heavy atom. The Hall–Kier alpha value is -4.61. The van der Waals surface area contributed by atoms with E-state index in [1.807, 2.05) is 54.6 Å². The molecule has 7 nitrogen and oxygen atoms in total. The summed E-state index contributed by atoms with van der Waals surface area (Å²) in [5, 5.41) is 16.7. The standard InChI is InChI=1S/C27H19N5O2S/c28-17-20-9-1-3-12-23(20)35-24-13-4-2-11-22(24)26(33)29-21-10-7-8-19(16-21)18-32-27(34)31-15-6-5-14-25(31)30-32/h1-16H,18H2,(H,29,33). The predicted octanol–water partition coefficient (Wildman–Crippen LogP) is 4.82. The Kier molecular flexibility index (Phi) is 6.16. The number of nitrogens with one attached hydrogen (secondary N) is 1. The molecule has 2 heterocycles. The van der Waals surface area contributed by atoms with Crippen LogP contribution in [-0.4, -0.2) is 20.1 Å². The lowest BCUT2D eigenvalue weighted by Crippen LogP contribution is -2.21. The highest BCUT2D eigenvalue weighted by molar-refractivity contribution is 7.99. The van der Waals surface area contributed by atoms with E-state index in [1.165, 1.54) is 20.8 Å². The lowest BCUT2D eigenvalue weighted by molar-refractivity contribution is 0.102. The first-order valence-corrected chi connectivity index (χ1v) is 11.6. The molecule has 5 aromatic rings. The maximum absolute atomic E-state index is 13.2. The van der Waals surface area contributed by atoms with Gasteiger partial charge < -0.3 is 5.32 Å². The number of carbonyl (C=O) groups is 1. The van der Waals surface area contributed by atoms with Crippen LogP contribution in [0.15, 0.2) is 112 Å². The van der Waals surface area contributed by atoms with Crippen LogP contribution in [-0.2, 0) is 6.54 Å². The molecule has 5 rings (SSSR count). The number of benzene rings is 3. The van der Waals surface area contributed by atoms with Crippen LogP contribution in [0.25, 0.3) is 5.65 Å². The van der Waals surface area contributed by atoms with E-state index >= 15 is 0 Å². The minimum Gasteiger partial charge on any atom is -0.322 e. The van der Waals surface area contributed by atoms with Crippen molar-refractivity contribution in [3.63, 3.8) is 0 Å². The molecular weight excluding hydrogens is 458 g/mol. The Morgan fingerprint density at radius 3 is 2.54 bits per heavy atom. The van der Waals surface area contributed by atoms with Crippen LogP contribution in [0, 0.1) is 11.3 Å². The number of nitrogens with zero attached hydrogens (tertiary/aromatic N) is 4. The molecule has 0 fully saturated rings. The first kappa shape index (κ1) is 22.2. The first-order chi connectivity index (χ1) is 17.1. The predicted molar refractivity (Wildman–Crippen MR) is 135 cm³/mol. The van der Waals surface area contributed by atoms with Crippen molar-refractivity contribution in [2.45, 2.75) is 16.3 Å². The summed E-state index contributed by atoms with van der Waals surface area (Å²) < 4.78 is 2.89. The largest absolute Gasteiger partial charge is 0.350 e. The molecule has 1 N–H and O–H groups in total. The Morgan fingerprint density at radius 1 is 0.943 bits per heavy atom. The second-order valence-electron chi connectivity index (χ2n) is 7.73.